The van der Waals surface area contributed by atoms with Gasteiger partial charge in [0, 0.05) is 23.7 Å². The standard InChI is InChI=1S/C13H12N4S/c1-18-13-15-6-5-12(17-13)16-11-4-2-3-9-7-14-8-10(9)11/h2-6,8H,7H2,1H3,(H,15,16,17). The zero-order valence-electron chi connectivity index (χ0n) is 9.92. The summed E-state index contributed by atoms with van der Waals surface area (Å²) in [5.74, 6) is 0.808. The number of thioether (sulfide) groups is 1. The normalized spacial score (nSPS) is 12.5. The van der Waals surface area contributed by atoms with Gasteiger partial charge in [0.25, 0.3) is 0 Å². The molecule has 2 aromatic rings. The SMILES string of the molecule is CSc1nccc(Nc2cccc3c2C=NC3)n1. The first-order valence-corrected chi connectivity index (χ1v) is 6.85. The molecule has 0 saturated heterocycles. The number of rotatable bonds is 3. The monoisotopic (exact) mass is 256 g/mol. The predicted molar refractivity (Wildman–Crippen MR) is 74.8 cm³/mol. The van der Waals surface area contributed by atoms with Crippen LogP contribution in [0.1, 0.15) is 11.1 Å². The summed E-state index contributed by atoms with van der Waals surface area (Å²) in [6, 6.07) is 8.04. The Bertz CT molecular complexity index is 610. The van der Waals surface area contributed by atoms with Gasteiger partial charge in [0.1, 0.15) is 5.82 Å². The molecule has 0 fully saturated rings. The van der Waals surface area contributed by atoms with Gasteiger partial charge in [-0.25, -0.2) is 9.97 Å². The van der Waals surface area contributed by atoms with Gasteiger partial charge in [0.2, 0.25) is 0 Å². The lowest BCUT2D eigenvalue weighted by molar-refractivity contribution is 0.975. The van der Waals surface area contributed by atoms with Crippen LogP contribution in [0.5, 0.6) is 0 Å². The van der Waals surface area contributed by atoms with Crippen LogP contribution in [0, 0.1) is 0 Å². The maximum absolute atomic E-state index is 4.41. The van der Waals surface area contributed by atoms with Crippen molar-refractivity contribution in [1.29, 1.82) is 0 Å². The Morgan fingerprint density at radius 1 is 1.28 bits per heavy atom. The molecule has 0 atom stereocenters. The predicted octanol–water partition coefficient (Wildman–Crippen LogP) is 2.87. The van der Waals surface area contributed by atoms with Crippen LogP contribution in [0.15, 0.2) is 40.6 Å². The highest BCUT2D eigenvalue weighted by Gasteiger charge is 2.10. The number of hydrogen-bond acceptors (Lipinski definition) is 5. The van der Waals surface area contributed by atoms with Gasteiger partial charge < -0.3 is 5.32 Å². The molecule has 4 nitrogen and oxygen atoms in total. The summed E-state index contributed by atoms with van der Waals surface area (Å²) in [5, 5.41) is 4.09. The van der Waals surface area contributed by atoms with Crippen LogP contribution < -0.4 is 5.32 Å². The Balaban J connectivity index is 1.93. The molecule has 1 aromatic heterocycles. The van der Waals surface area contributed by atoms with Gasteiger partial charge in [0.15, 0.2) is 5.16 Å². The van der Waals surface area contributed by atoms with Crippen LogP contribution in [0.4, 0.5) is 11.5 Å². The van der Waals surface area contributed by atoms with E-state index in [0.717, 1.165) is 28.8 Å². The van der Waals surface area contributed by atoms with Crippen LogP contribution in [0.2, 0.25) is 0 Å². The van der Waals surface area contributed by atoms with Crippen molar-refractivity contribution >= 4 is 29.5 Å². The zero-order chi connectivity index (χ0) is 12.4. The average molecular weight is 256 g/mol. The summed E-state index contributed by atoms with van der Waals surface area (Å²) in [7, 11) is 0. The number of hydrogen-bond donors (Lipinski definition) is 1. The number of anilines is 2. The molecule has 18 heavy (non-hydrogen) atoms. The van der Waals surface area contributed by atoms with Gasteiger partial charge >= 0.3 is 0 Å². The summed E-state index contributed by atoms with van der Waals surface area (Å²) >= 11 is 1.53. The first kappa shape index (κ1) is 11.2. The quantitative estimate of drug-likeness (QED) is 0.677. The van der Waals surface area contributed by atoms with Crippen molar-refractivity contribution in [3.63, 3.8) is 0 Å². The summed E-state index contributed by atoms with van der Waals surface area (Å²) < 4.78 is 0. The molecule has 0 aliphatic carbocycles. The second-order valence-corrected chi connectivity index (χ2v) is 4.68. The number of aromatic nitrogens is 2. The first-order chi connectivity index (χ1) is 8.86. The van der Waals surface area contributed by atoms with E-state index < -0.39 is 0 Å². The van der Waals surface area contributed by atoms with Crippen molar-refractivity contribution in [1.82, 2.24) is 9.97 Å². The summed E-state index contributed by atoms with van der Waals surface area (Å²) in [6.45, 7) is 0.769. The highest BCUT2D eigenvalue weighted by Crippen LogP contribution is 2.25. The Morgan fingerprint density at radius 2 is 2.22 bits per heavy atom. The molecule has 0 radical (unpaired) electrons. The van der Waals surface area contributed by atoms with Crippen molar-refractivity contribution in [3.05, 3.63) is 41.6 Å². The minimum Gasteiger partial charge on any atom is -0.340 e. The Kier molecular flexibility index (Phi) is 2.98. The van der Waals surface area contributed by atoms with Gasteiger partial charge in [-0.3, -0.25) is 4.99 Å². The van der Waals surface area contributed by atoms with E-state index in [4.69, 9.17) is 0 Å². The molecule has 1 aliphatic heterocycles. The molecule has 3 rings (SSSR count). The fourth-order valence-electron chi connectivity index (χ4n) is 1.89. The van der Waals surface area contributed by atoms with Crippen LogP contribution in [0.3, 0.4) is 0 Å². The van der Waals surface area contributed by atoms with E-state index in [0.29, 0.717) is 0 Å². The first-order valence-electron chi connectivity index (χ1n) is 5.62. The van der Waals surface area contributed by atoms with E-state index in [1.165, 1.54) is 17.3 Å². The van der Waals surface area contributed by atoms with E-state index in [1.807, 2.05) is 30.7 Å². The van der Waals surface area contributed by atoms with Gasteiger partial charge in [-0.1, -0.05) is 23.9 Å². The highest BCUT2D eigenvalue weighted by molar-refractivity contribution is 7.98. The number of nitrogens with one attached hydrogen (secondary N) is 1. The second-order valence-electron chi connectivity index (χ2n) is 3.90. The van der Waals surface area contributed by atoms with E-state index in [-0.39, 0.29) is 0 Å². The van der Waals surface area contributed by atoms with Gasteiger partial charge in [-0.2, -0.15) is 0 Å². The second kappa shape index (κ2) is 4.78. The third-order valence-electron chi connectivity index (χ3n) is 2.76. The average Bonchev–Trinajstić information content (AvgIpc) is 2.88. The van der Waals surface area contributed by atoms with Gasteiger partial charge in [-0.05, 0) is 24.0 Å². The number of aliphatic imine (C=N–C) groups is 1. The highest BCUT2D eigenvalue weighted by atomic mass is 32.2. The molecule has 90 valence electrons. The van der Waals surface area contributed by atoms with E-state index in [9.17, 15) is 0 Å². The van der Waals surface area contributed by atoms with Crippen LogP contribution >= 0.6 is 11.8 Å². The lowest BCUT2D eigenvalue weighted by atomic mass is 10.1. The summed E-state index contributed by atoms with van der Waals surface area (Å²) in [6.07, 6.45) is 5.64. The zero-order valence-corrected chi connectivity index (χ0v) is 10.7. The molecular formula is C13H12N4S. The summed E-state index contributed by atoms with van der Waals surface area (Å²) in [5.41, 5.74) is 3.44. The maximum Gasteiger partial charge on any atom is 0.189 e. The van der Waals surface area contributed by atoms with Crippen LogP contribution in [-0.2, 0) is 6.54 Å². The Hall–Kier alpha value is -1.88. The molecule has 0 unspecified atom stereocenters. The molecule has 0 bridgehead atoms. The molecule has 0 saturated carbocycles. The molecule has 2 heterocycles. The van der Waals surface area contributed by atoms with E-state index in [1.54, 1.807) is 6.20 Å². The third kappa shape index (κ3) is 2.09. The maximum atomic E-state index is 4.41. The van der Waals surface area contributed by atoms with Crippen molar-refractivity contribution in [2.75, 3.05) is 11.6 Å². The van der Waals surface area contributed by atoms with Gasteiger partial charge in [-0.15, -0.1) is 0 Å². The fourth-order valence-corrected chi connectivity index (χ4v) is 2.25. The van der Waals surface area contributed by atoms with Crippen molar-refractivity contribution in [3.8, 4) is 0 Å². The lowest BCUT2D eigenvalue weighted by Crippen LogP contribution is -1.99. The number of fused-ring (bicyclic) bond motifs is 1. The number of benzene rings is 1. The topological polar surface area (TPSA) is 50.2 Å². The molecular weight excluding hydrogens is 244 g/mol. The Morgan fingerprint density at radius 3 is 3.11 bits per heavy atom. The van der Waals surface area contributed by atoms with Crippen LogP contribution in [-0.4, -0.2) is 22.4 Å². The molecule has 5 heteroatoms. The van der Waals surface area contributed by atoms with E-state index >= 15 is 0 Å². The van der Waals surface area contributed by atoms with Crippen molar-refractivity contribution in [2.45, 2.75) is 11.7 Å². The molecule has 1 aliphatic rings. The van der Waals surface area contributed by atoms with E-state index in [2.05, 4.69) is 26.3 Å². The molecule has 0 spiro atoms. The molecule has 0 amide bonds. The largest absolute Gasteiger partial charge is 0.340 e. The Labute approximate surface area is 110 Å². The minimum absolute atomic E-state index is 0.765. The summed E-state index contributed by atoms with van der Waals surface area (Å²) in [4.78, 5) is 12.9. The molecule has 1 aromatic carbocycles. The van der Waals surface area contributed by atoms with Gasteiger partial charge in [0.05, 0.1) is 6.54 Å². The van der Waals surface area contributed by atoms with Crippen molar-refractivity contribution in [2.24, 2.45) is 4.99 Å². The fraction of sp³-hybridized carbons (Fsp3) is 0.154. The van der Waals surface area contributed by atoms with Crippen LogP contribution in [0.25, 0.3) is 0 Å². The number of nitrogens with zero attached hydrogens (tertiary/aromatic N) is 3. The molecule has 1 N–H and O–H groups in total. The van der Waals surface area contributed by atoms with Crippen molar-refractivity contribution < 1.29 is 0 Å². The smallest absolute Gasteiger partial charge is 0.189 e. The minimum atomic E-state index is 0.765. The third-order valence-corrected chi connectivity index (χ3v) is 3.32. The lowest BCUT2D eigenvalue weighted by Gasteiger charge is -2.09.